The summed E-state index contributed by atoms with van der Waals surface area (Å²) in [4.78, 5) is 0. The first-order valence-corrected chi connectivity index (χ1v) is 59.0. The molecule has 0 aromatic heterocycles. The predicted octanol–water partition coefficient (Wildman–Crippen LogP) is 41.4. The summed E-state index contributed by atoms with van der Waals surface area (Å²) < 4.78 is 13.1. The molecule has 0 aliphatic rings. The van der Waals surface area contributed by atoms with E-state index < -0.39 is 13.3 Å². The van der Waals surface area contributed by atoms with Crippen LogP contribution in [0.2, 0.25) is 9.50 Å². The van der Waals surface area contributed by atoms with E-state index in [1.165, 1.54) is 111 Å². The summed E-state index contributed by atoms with van der Waals surface area (Å²) in [5.74, 6) is 2.31. The Labute approximate surface area is 900 Å². The van der Waals surface area contributed by atoms with Crippen molar-refractivity contribution in [2.75, 3.05) is 10.9 Å². The second-order valence-corrected chi connectivity index (χ2v) is 71.5. The zero-order chi connectivity index (χ0) is 106. The minimum atomic E-state index is -3.59. The van der Waals surface area contributed by atoms with Crippen LogP contribution in [0.3, 0.4) is 0 Å². The summed E-state index contributed by atoms with van der Waals surface area (Å²) in [6.45, 7) is 114. The monoisotopic (exact) mass is 2170 g/mol. The molecule has 144 heavy (non-hydrogen) atoms. The Morgan fingerprint density at radius 2 is 0.417 bits per heavy atom. The van der Waals surface area contributed by atoms with Gasteiger partial charge < -0.3 is 14.9 Å². The Morgan fingerprint density at radius 1 is 0.215 bits per heavy atom. The van der Waals surface area contributed by atoms with Crippen LogP contribution in [0, 0.1) is 36.5 Å². The number of fused-ring (bicyclic) bond motifs is 4. The van der Waals surface area contributed by atoms with Crippen molar-refractivity contribution in [2.24, 2.45) is 21.7 Å². The van der Waals surface area contributed by atoms with E-state index in [0.29, 0.717) is 10.9 Å². The number of aromatic hydroxyl groups is 4. The van der Waals surface area contributed by atoms with E-state index >= 15 is 0 Å². The number of hydrogen-bond acceptors (Lipinski definition) is 2. The van der Waals surface area contributed by atoms with E-state index in [0.717, 1.165) is 103 Å². The maximum Gasteiger partial charge on any atom is 0 e. The fourth-order valence-electron chi connectivity index (χ4n) is 23.9. The van der Waals surface area contributed by atoms with E-state index in [2.05, 4.69) is 502 Å². The number of hydrogen-bond donors (Lipinski definition) is 2. The van der Waals surface area contributed by atoms with Crippen LogP contribution in [-0.4, -0.2) is 43.8 Å². The molecule has 12 rings (SSSR count). The first kappa shape index (κ1) is 120. The molecule has 0 aliphatic carbocycles. The van der Waals surface area contributed by atoms with Crippen molar-refractivity contribution in [3.05, 3.63) is 251 Å². The van der Waals surface area contributed by atoms with Gasteiger partial charge in [-0.1, -0.05) is 203 Å². The third-order valence-electron chi connectivity index (χ3n) is 31.3. The minimum absolute atomic E-state index is 0. The first-order valence-electron chi connectivity index (χ1n) is 53.7. The van der Waals surface area contributed by atoms with Crippen LogP contribution in [-0.2, 0) is 90.8 Å². The molecule has 0 bridgehead atoms. The van der Waals surface area contributed by atoms with Gasteiger partial charge in [-0.3, -0.25) is 0 Å². The molecule has 0 heterocycles. The van der Waals surface area contributed by atoms with E-state index in [-0.39, 0.29) is 148 Å². The molecule has 0 radical (unpaired) electrons. The van der Waals surface area contributed by atoms with Gasteiger partial charge in [0.05, 0.1) is 0 Å². The standard InChI is InChI=1S/C136H188GeO4.2CH3.Hf/c1-83(2)137(84(3)4,81-140-113-59-53-91(133(41,42)77-121(5,6)7)71-103(113)109-73-97(135(45,46)79-123(11,12)13)75-111(119(109)138)117-99-55-49-87(125(17,18)19)67-105(99)115(106-68-88(126(20,21)22)50-56-100(106)117)85-61-93(129(29,30)31)65-94(62-85)130(32,33)34)82-141-114-60-54-92(134(43,44)78-122(8,9)10)72-104(114)110-74-98(136(47,48)80-124(14,15)16)76-112(120(110)139)118-101-57-51-89(127(23,24)25)69-107(101)116(108-70-90(128(26,27)28)52-58-102(108)118)86-63-95(131(35,36)37)66-96(64-86)132(38,39)40;;;/h49-76,83-84,138-139H,77-82H2,1-48H3;2*1H3;/q;2*-1;/p+2. The molecule has 780 valence electrons. The molecule has 0 saturated heterocycles. The Kier molecular flexibility index (Phi) is 34.0. The number of phenolic OH excluding ortho intramolecular Hbond substituents is 2. The van der Waals surface area contributed by atoms with Crippen LogP contribution in [0.4, 0.5) is 0 Å². The summed E-state index contributed by atoms with van der Waals surface area (Å²) in [7, 11) is 0. The van der Waals surface area contributed by atoms with Crippen molar-refractivity contribution >= 4 is 56.4 Å². The number of benzene rings is 12. The first-order chi connectivity index (χ1) is 63.8. The van der Waals surface area contributed by atoms with Crippen molar-refractivity contribution in [2.45, 2.75) is 433 Å². The molecule has 0 aliphatic heterocycles. The summed E-state index contributed by atoms with van der Waals surface area (Å²) >= 11 is -3.59. The molecule has 0 fully saturated rings. The van der Waals surface area contributed by atoms with Gasteiger partial charge in [0.2, 0.25) is 0 Å². The SMILES string of the molecule is C[CH](C)[Ge]([CH2][OH+]c1ccc(C(C)(C)CC(C)(C)C)cc1-c1cc(C(C)(C)CC(C)(C)C)cc(-c2c3ccc(C(C)(C)C)cc3c(-c3cc(C(C)(C)C)cc(C(C)(C)C)c3)c3cc(C(C)(C)C)ccc23)c1O)([CH2][OH+]c1ccc(C(C)(C)CC(C)(C)C)cc1-c1cc(C(C)(C)CC(C)(C)C)cc(-c2c3ccc(C(C)(C)C)cc3c(-c3cc(C(C)(C)C)cc(C(C)(C)C)c3)c3cc(C(C)(C)C)ccc23)c1O)[CH](C)C.[CH3-].[CH3-].[Hf]. The Bertz CT molecular complexity index is 6090. The Hall–Kier alpha value is -7.71. The molecule has 0 unspecified atom stereocenters. The van der Waals surface area contributed by atoms with Gasteiger partial charge in [-0.25, -0.2) is 0 Å². The summed E-state index contributed by atoms with van der Waals surface area (Å²) in [5.41, 5.74) is 26.0. The van der Waals surface area contributed by atoms with Gasteiger partial charge >= 0.3 is 599 Å². The van der Waals surface area contributed by atoms with Crippen molar-refractivity contribution in [1.82, 2.24) is 0 Å². The van der Waals surface area contributed by atoms with Crippen LogP contribution in [0.15, 0.2) is 170 Å². The smallest absolute Gasteiger partial charge is 0 e. The Balaban J connectivity index is 0.00000770. The molecule has 4 N–H and O–H groups in total. The third-order valence-corrected chi connectivity index (χ3v) is 44.1. The fourth-order valence-corrected chi connectivity index (χ4v) is 31.9. The van der Waals surface area contributed by atoms with Gasteiger partial charge in [0.15, 0.2) is 0 Å². The van der Waals surface area contributed by atoms with E-state index in [4.69, 9.17) is 9.47 Å². The molecule has 0 saturated carbocycles. The van der Waals surface area contributed by atoms with Gasteiger partial charge in [0.25, 0.3) is 0 Å². The average Bonchev–Trinajstić information content (AvgIpc) is 0.714. The van der Waals surface area contributed by atoms with E-state index in [9.17, 15) is 10.2 Å². The van der Waals surface area contributed by atoms with Gasteiger partial charge in [-0.15, -0.1) is 0 Å². The van der Waals surface area contributed by atoms with Crippen LogP contribution >= 0.6 is 0 Å². The van der Waals surface area contributed by atoms with Crippen LogP contribution in [0.25, 0.3) is 110 Å². The van der Waals surface area contributed by atoms with Crippen LogP contribution < -0.4 is 0 Å². The zero-order valence-electron chi connectivity index (χ0n) is 100. The van der Waals surface area contributed by atoms with Gasteiger partial charge in [0, 0.05) is 25.8 Å². The molecule has 0 spiro atoms. The second kappa shape index (κ2) is 40.9. The maximum absolute atomic E-state index is 14.7. The van der Waals surface area contributed by atoms with E-state index in [1.807, 2.05) is 0 Å². The molecular formula is C138H196GeHfO4. The van der Waals surface area contributed by atoms with Crippen LogP contribution in [0.5, 0.6) is 23.0 Å². The normalized spacial score (nSPS) is 13.7. The van der Waals surface area contributed by atoms with Crippen molar-refractivity contribution in [3.8, 4) is 89.8 Å². The molecular weight excluding hydrogens is 1970 g/mol. The molecule has 12 aromatic carbocycles. The Morgan fingerprint density at radius 3 is 0.625 bits per heavy atom. The quantitative estimate of drug-likeness (QED) is 0.0307. The number of ether oxygens (including phenoxy) is 2. The summed E-state index contributed by atoms with van der Waals surface area (Å²) in [6.07, 6.45) is 3.69. The number of rotatable bonds is 22. The summed E-state index contributed by atoms with van der Waals surface area (Å²) in [6, 6.07) is 67.9. The molecule has 4 nitrogen and oxygen atoms in total. The van der Waals surface area contributed by atoms with Gasteiger partial charge in [0.1, 0.15) is 0 Å². The van der Waals surface area contributed by atoms with Crippen molar-refractivity contribution < 1.29 is 45.5 Å². The van der Waals surface area contributed by atoms with Gasteiger partial charge in [-0.2, -0.15) is 0 Å². The minimum Gasteiger partial charge on any atom is -0.358 e. The second-order valence-electron chi connectivity index (χ2n) is 60.1. The number of phenols is 2. The topological polar surface area (TPSA) is 66.1 Å². The molecule has 12 aromatic rings. The van der Waals surface area contributed by atoms with Gasteiger partial charge in [-0.05, 0) is 65.6 Å². The largest absolute Gasteiger partial charge is 0.358 e. The molecule has 6 heteroatoms. The molecule has 0 amide bonds. The average molecular weight is 2170 g/mol. The molecule has 0 atom stereocenters. The zero-order valence-corrected chi connectivity index (χ0v) is 106. The predicted molar refractivity (Wildman–Crippen MR) is 639 cm³/mol. The van der Waals surface area contributed by atoms with Crippen molar-refractivity contribution in [3.63, 3.8) is 0 Å². The number of aliphatic hydroxyl groups is 2. The van der Waals surface area contributed by atoms with Crippen molar-refractivity contribution in [1.29, 1.82) is 0 Å². The maximum atomic E-state index is 14.7. The summed E-state index contributed by atoms with van der Waals surface area (Å²) in [5, 5.41) is 38.7. The van der Waals surface area contributed by atoms with E-state index in [1.54, 1.807) is 0 Å². The van der Waals surface area contributed by atoms with Crippen LogP contribution in [0.1, 0.15) is 425 Å². The fraction of sp³-hybridized carbons (Fsp3) is 0.522. The third kappa shape index (κ3) is 26.1.